The zero-order chi connectivity index (χ0) is 21.0. The summed E-state index contributed by atoms with van der Waals surface area (Å²) in [7, 11) is -3.60. The van der Waals surface area contributed by atoms with Crippen LogP contribution in [0.1, 0.15) is 47.3 Å². The van der Waals surface area contributed by atoms with Crippen molar-refractivity contribution in [1.29, 1.82) is 0 Å². The van der Waals surface area contributed by atoms with E-state index in [1.165, 1.54) is 21.2 Å². The first-order valence-electron chi connectivity index (χ1n) is 10.7. The maximum Gasteiger partial charge on any atom is 0.262 e. The predicted molar refractivity (Wildman–Crippen MR) is 119 cm³/mol. The number of amides is 1. The van der Waals surface area contributed by atoms with E-state index in [1.54, 1.807) is 11.4 Å². The molecule has 0 unspecified atom stereocenters. The smallest absolute Gasteiger partial charge is 0.262 e. The molecule has 0 radical (unpaired) electrons. The highest BCUT2D eigenvalue weighted by Gasteiger charge is 2.32. The van der Waals surface area contributed by atoms with Gasteiger partial charge in [0, 0.05) is 38.8 Å². The Morgan fingerprint density at radius 2 is 1.70 bits per heavy atom. The lowest BCUT2D eigenvalue weighted by molar-refractivity contribution is 0.0910. The standard InChI is InChI=1S/C22H29N3O3S2/c26-22(21-20(11-16-29-21)30(27,28)25-12-5-2-6-13-25)23-19-9-14-24(15-10-19)17-18-7-3-1-4-8-18/h1,3-4,7-8,11,16,19H,2,5-6,9-10,12-15,17H2,(H,23,26). The molecule has 6 nitrogen and oxygen atoms in total. The summed E-state index contributed by atoms with van der Waals surface area (Å²) in [5.74, 6) is -0.262. The summed E-state index contributed by atoms with van der Waals surface area (Å²) >= 11 is 1.21. The van der Waals surface area contributed by atoms with Crippen LogP contribution in [0.5, 0.6) is 0 Å². The fourth-order valence-corrected chi connectivity index (χ4v) is 7.06. The van der Waals surface area contributed by atoms with Crippen molar-refractivity contribution in [3.8, 4) is 0 Å². The van der Waals surface area contributed by atoms with Gasteiger partial charge in [-0.1, -0.05) is 36.8 Å². The third-order valence-corrected chi connectivity index (χ3v) is 8.92. The van der Waals surface area contributed by atoms with Gasteiger partial charge in [-0.2, -0.15) is 4.31 Å². The van der Waals surface area contributed by atoms with Gasteiger partial charge in [-0.3, -0.25) is 9.69 Å². The maximum absolute atomic E-state index is 13.0. The zero-order valence-corrected chi connectivity index (χ0v) is 18.8. The normalized spacial score (nSPS) is 19.6. The van der Waals surface area contributed by atoms with Gasteiger partial charge in [0.15, 0.2) is 0 Å². The molecule has 8 heteroatoms. The van der Waals surface area contributed by atoms with E-state index >= 15 is 0 Å². The van der Waals surface area contributed by atoms with Gasteiger partial charge in [0.25, 0.3) is 5.91 Å². The summed E-state index contributed by atoms with van der Waals surface area (Å²) in [4.78, 5) is 15.8. The van der Waals surface area contributed by atoms with Gasteiger partial charge in [0.05, 0.1) is 0 Å². The maximum atomic E-state index is 13.0. The van der Waals surface area contributed by atoms with Crippen molar-refractivity contribution in [3.63, 3.8) is 0 Å². The second kappa shape index (κ2) is 9.60. The fourth-order valence-electron chi connectivity index (χ4n) is 4.24. The van der Waals surface area contributed by atoms with Crippen molar-refractivity contribution < 1.29 is 13.2 Å². The third-order valence-electron chi connectivity index (χ3n) is 5.94. The quantitative estimate of drug-likeness (QED) is 0.738. The lowest BCUT2D eigenvalue weighted by Gasteiger charge is -2.32. The van der Waals surface area contributed by atoms with E-state index in [1.807, 2.05) is 6.07 Å². The van der Waals surface area contributed by atoms with Crippen molar-refractivity contribution in [3.05, 3.63) is 52.2 Å². The molecular weight excluding hydrogens is 418 g/mol. The second-order valence-corrected chi connectivity index (χ2v) is 10.9. The largest absolute Gasteiger partial charge is 0.348 e. The van der Waals surface area contributed by atoms with Gasteiger partial charge < -0.3 is 5.32 Å². The Labute approximate surface area is 182 Å². The van der Waals surface area contributed by atoms with E-state index in [4.69, 9.17) is 0 Å². The summed E-state index contributed by atoms with van der Waals surface area (Å²) < 4.78 is 27.6. The van der Waals surface area contributed by atoms with Gasteiger partial charge >= 0.3 is 0 Å². The Morgan fingerprint density at radius 1 is 1.00 bits per heavy atom. The molecule has 3 heterocycles. The lowest BCUT2D eigenvalue weighted by Crippen LogP contribution is -2.44. The molecule has 1 aromatic heterocycles. The number of carbonyl (C=O) groups excluding carboxylic acids is 1. The molecule has 0 spiro atoms. The number of hydrogen-bond acceptors (Lipinski definition) is 5. The van der Waals surface area contributed by atoms with Crippen LogP contribution >= 0.6 is 11.3 Å². The molecular formula is C22H29N3O3S2. The number of piperidine rings is 2. The molecule has 2 aliphatic heterocycles. The van der Waals surface area contributed by atoms with E-state index in [9.17, 15) is 13.2 Å². The molecule has 2 fully saturated rings. The first kappa shape index (κ1) is 21.5. The van der Waals surface area contributed by atoms with Crippen molar-refractivity contribution in [2.75, 3.05) is 26.2 Å². The second-order valence-electron chi connectivity index (χ2n) is 8.09. The molecule has 2 saturated heterocycles. The summed E-state index contributed by atoms with van der Waals surface area (Å²) in [6.07, 6.45) is 4.57. The Hall–Kier alpha value is -1.74. The number of thiophene rings is 1. The minimum Gasteiger partial charge on any atom is -0.348 e. The van der Waals surface area contributed by atoms with Crippen LogP contribution in [0.25, 0.3) is 0 Å². The minimum atomic E-state index is -3.60. The fraction of sp³-hybridized carbons (Fsp3) is 0.500. The first-order chi connectivity index (χ1) is 14.5. The molecule has 1 N–H and O–H groups in total. The third kappa shape index (κ3) is 4.94. The number of likely N-dealkylation sites (tertiary alicyclic amines) is 1. The Kier molecular flexibility index (Phi) is 6.87. The molecule has 1 aromatic carbocycles. The van der Waals surface area contributed by atoms with Crippen LogP contribution in [0.4, 0.5) is 0 Å². The predicted octanol–water partition coefficient (Wildman–Crippen LogP) is 3.32. The summed E-state index contributed by atoms with van der Waals surface area (Å²) in [6, 6.07) is 12.1. The number of nitrogens with zero attached hydrogens (tertiary/aromatic N) is 2. The highest BCUT2D eigenvalue weighted by atomic mass is 32.2. The first-order valence-corrected chi connectivity index (χ1v) is 13.0. The number of rotatable bonds is 6. The van der Waals surface area contributed by atoms with Gasteiger partial charge in [-0.15, -0.1) is 11.3 Å². The zero-order valence-electron chi connectivity index (χ0n) is 17.1. The molecule has 1 amide bonds. The van der Waals surface area contributed by atoms with Crippen molar-refractivity contribution in [1.82, 2.24) is 14.5 Å². The van der Waals surface area contributed by atoms with Crippen LogP contribution in [-0.2, 0) is 16.6 Å². The molecule has 4 rings (SSSR count). The van der Waals surface area contributed by atoms with Crippen LogP contribution in [0, 0.1) is 0 Å². The van der Waals surface area contributed by atoms with Crippen molar-refractivity contribution in [2.45, 2.75) is 49.6 Å². The Balaban J connectivity index is 1.35. The number of hydrogen-bond donors (Lipinski definition) is 1. The molecule has 2 aliphatic rings. The number of carbonyl (C=O) groups is 1. The van der Waals surface area contributed by atoms with E-state index < -0.39 is 10.0 Å². The highest BCUT2D eigenvalue weighted by Crippen LogP contribution is 2.27. The molecule has 0 saturated carbocycles. The average molecular weight is 448 g/mol. The van der Waals surface area contributed by atoms with Crippen molar-refractivity contribution >= 4 is 27.3 Å². The van der Waals surface area contributed by atoms with Gasteiger partial charge in [0.1, 0.15) is 9.77 Å². The van der Waals surface area contributed by atoms with E-state index in [0.717, 1.165) is 51.7 Å². The molecule has 2 aromatic rings. The van der Waals surface area contributed by atoms with Crippen molar-refractivity contribution in [2.24, 2.45) is 0 Å². The van der Waals surface area contributed by atoms with Crippen LogP contribution in [0.3, 0.4) is 0 Å². The van der Waals surface area contributed by atoms with Crippen LogP contribution in [-0.4, -0.2) is 55.8 Å². The van der Waals surface area contributed by atoms with Crippen LogP contribution in [0.2, 0.25) is 0 Å². The van der Waals surface area contributed by atoms with E-state index in [-0.39, 0.29) is 16.8 Å². The Bertz CT molecular complexity index is 945. The molecule has 162 valence electrons. The Morgan fingerprint density at radius 3 is 2.40 bits per heavy atom. The summed E-state index contributed by atoms with van der Waals surface area (Å²) in [6.45, 7) is 3.84. The van der Waals surface area contributed by atoms with Gasteiger partial charge in [0.2, 0.25) is 10.0 Å². The van der Waals surface area contributed by atoms with E-state index in [2.05, 4.69) is 34.5 Å². The number of benzene rings is 1. The summed E-state index contributed by atoms with van der Waals surface area (Å²) in [5, 5.41) is 4.79. The lowest BCUT2D eigenvalue weighted by atomic mass is 10.0. The topological polar surface area (TPSA) is 69.7 Å². The molecule has 0 bridgehead atoms. The van der Waals surface area contributed by atoms with Crippen LogP contribution < -0.4 is 5.32 Å². The summed E-state index contributed by atoms with van der Waals surface area (Å²) in [5.41, 5.74) is 1.30. The highest BCUT2D eigenvalue weighted by molar-refractivity contribution is 7.89. The monoisotopic (exact) mass is 447 g/mol. The minimum absolute atomic E-state index is 0.0807. The SMILES string of the molecule is O=C(NC1CCN(Cc2ccccc2)CC1)c1sccc1S(=O)(=O)N1CCCCC1. The van der Waals surface area contributed by atoms with E-state index in [0.29, 0.717) is 18.0 Å². The average Bonchev–Trinajstić information content (AvgIpc) is 3.28. The van der Waals surface area contributed by atoms with Crippen LogP contribution in [0.15, 0.2) is 46.7 Å². The molecule has 30 heavy (non-hydrogen) atoms. The number of sulfonamides is 1. The van der Waals surface area contributed by atoms with Gasteiger partial charge in [-0.05, 0) is 42.7 Å². The number of nitrogens with one attached hydrogen (secondary N) is 1. The molecule has 0 atom stereocenters. The molecule has 0 aliphatic carbocycles. The van der Waals surface area contributed by atoms with Gasteiger partial charge in [-0.25, -0.2) is 8.42 Å².